The predicted octanol–water partition coefficient (Wildman–Crippen LogP) is 7.61. The van der Waals surface area contributed by atoms with E-state index in [4.69, 9.17) is 23.2 Å². The molecule has 6 N–H and O–H groups in total. The van der Waals surface area contributed by atoms with Crippen LogP contribution >= 0.6 is 23.2 Å². The second-order valence-corrected chi connectivity index (χ2v) is 16.3. The lowest BCUT2D eigenvalue weighted by molar-refractivity contribution is 0.207. The van der Waals surface area contributed by atoms with Crippen LogP contribution < -0.4 is 21.3 Å². The third kappa shape index (κ3) is 10.1. The lowest BCUT2D eigenvalue weighted by Gasteiger charge is -2.31. The minimum absolute atomic E-state index is 0.00235. The fourth-order valence-electron chi connectivity index (χ4n) is 7.42. The van der Waals surface area contributed by atoms with E-state index in [9.17, 15) is 18.4 Å². The summed E-state index contributed by atoms with van der Waals surface area (Å²) in [6.45, 7) is 0. The van der Waals surface area contributed by atoms with E-state index in [1.807, 2.05) is 0 Å². The van der Waals surface area contributed by atoms with Crippen molar-refractivity contribution in [2.24, 2.45) is 0 Å². The lowest BCUT2D eigenvalue weighted by Crippen LogP contribution is -2.45. The van der Waals surface area contributed by atoms with Gasteiger partial charge in [0.1, 0.15) is 11.3 Å². The van der Waals surface area contributed by atoms with Crippen molar-refractivity contribution in [1.29, 1.82) is 0 Å². The normalized spacial score (nSPS) is 18.9. The van der Waals surface area contributed by atoms with E-state index in [0.29, 0.717) is 57.0 Å². The molecule has 0 aromatic carbocycles. The molecule has 60 heavy (non-hydrogen) atoms. The Labute approximate surface area is 354 Å². The fraction of sp³-hybridized carbons (Fsp3) is 0.400. The maximum Gasteiger partial charge on any atom is 0.317 e. The number of aromatic nitrogens is 8. The van der Waals surface area contributed by atoms with Crippen molar-refractivity contribution in [3.05, 3.63) is 71.0 Å². The number of rotatable bonds is 8. The van der Waals surface area contributed by atoms with Gasteiger partial charge in [0.05, 0.1) is 22.4 Å². The van der Waals surface area contributed by atoms with Crippen LogP contribution in [-0.4, -0.2) is 114 Å². The highest BCUT2D eigenvalue weighted by Gasteiger charge is 2.27. The molecule has 4 unspecified atom stereocenters. The highest BCUT2D eigenvalue weighted by atomic mass is 35.5. The Balaban J connectivity index is 0.000000181. The van der Waals surface area contributed by atoms with E-state index in [2.05, 4.69) is 61.1 Å². The van der Waals surface area contributed by atoms with Gasteiger partial charge in [0, 0.05) is 99.0 Å². The Kier molecular flexibility index (Phi) is 13.1. The summed E-state index contributed by atoms with van der Waals surface area (Å²) in [4.78, 5) is 58.6. The van der Waals surface area contributed by atoms with Crippen LogP contribution in [0.15, 0.2) is 49.3 Å². The van der Waals surface area contributed by atoms with Gasteiger partial charge in [-0.3, -0.25) is 0 Å². The van der Waals surface area contributed by atoms with Gasteiger partial charge in [-0.2, -0.15) is 0 Å². The number of anilines is 2. The standard InChI is InChI=1S/2C20H23ClFN7O/c2*1-29(2)20(30)27-13-5-3-4-12(7-13)26-19-16(22)10-25-18(28-19)15-9-24-17-14(15)6-11(21)8-23-17/h2*6,8-10,12-13H,3-5,7H2,1-2H3,(H,23,24)(H,27,30)(H,25,26,28). The van der Waals surface area contributed by atoms with Crippen LogP contribution in [0.2, 0.25) is 10.0 Å². The summed E-state index contributed by atoms with van der Waals surface area (Å²) in [6, 6.07) is 3.38. The van der Waals surface area contributed by atoms with Gasteiger partial charge in [-0.25, -0.2) is 48.3 Å². The summed E-state index contributed by atoms with van der Waals surface area (Å²) in [5.41, 5.74) is 2.71. The van der Waals surface area contributed by atoms with Crippen molar-refractivity contribution in [3.63, 3.8) is 0 Å². The molecule has 6 heterocycles. The molecule has 4 atom stereocenters. The van der Waals surface area contributed by atoms with E-state index >= 15 is 0 Å². The molecular weight excluding hydrogens is 817 g/mol. The van der Waals surface area contributed by atoms with E-state index in [1.165, 1.54) is 9.80 Å². The number of fused-ring (bicyclic) bond motifs is 2. The molecular formula is C40H46Cl2F2N14O2. The summed E-state index contributed by atoms with van der Waals surface area (Å²) in [6.07, 6.45) is 15.7. The molecule has 2 fully saturated rings. The molecule has 0 radical (unpaired) electrons. The molecule has 0 saturated heterocycles. The summed E-state index contributed by atoms with van der Waals surface area (Å²) >= 11 is 12.1. The molecule has 0 bridgehead atoms. The minimum Gasteiger partial charge on any atom is -0.365 e. The summed E-state index contributed by atoms with van der Waals surface area (Å²) in [5, 5.41) is 14.9. The average Bonchev–Trinajstić information content (AvgIpc) is 3.84. The number of hydrogen-bond acceptors (Lipinski definition) is 10. The number of pyridine rings is 2. The van der Waals surface area contributed by atoms with Crippen molar-refractivity contribution in [1.82, 2.24) is 60.3 Å². The van der Waals surface area contributed by atoms with Crippen LogP contribution in [0.4, 0.5) is 30.0 Å². The maximum atomic E-state index is 14.5. The third-order valence-electron chi connectivity index (χ3n) is 10.5. The van der Waals surface area contributed by atoms with Crippen molar-refractivity contribution >= 4 is 69.0 Å². The lowest BCUT2D eigenvalue weighted by atomic mass is 9.91. The van der Waals surface area contributed by atoms with E-state index in [1.54, 1.807) is 65.1 Å². The number of amides is 4. The average molecular weight is 864 g/mol. The molecule has 0 aliphatic heterocycles. The largest absolute Gasteiger partial charge is 0.365 e. The van der Waals surface area contributed by atoms with Crippen molar-refractivity contribution in [2.45, 2.75) is 75.5 Å². The Hall–Kier alpha value is -5.88. The Bertz CT molecular complexity index is 2310. The Morgan fingerprint density at radius 3 is 1.43 bits per heavy atom. The molecule has 16 nitrogen and oxygen atoms in total. The van der Waals surface area contributed by atoms with Gasteiger partial charge in [0.15, 0.2) is 34.9 Å². The van der Waals surface area contributed by atoms with Crippen LogP contribution in [0.5, 0.6) is 0 Å². The second-order valence-electron chi connectivity index (χ2n) is 15.4. The number of aromatic amines is 2. The molecule has 2 aliphatic carbocycles. The van der Waals surface area contributed by atoms with Gasteiger partial charge in [0.2, 0.25) is 0 Å². The van der Waals surface area contributed by atoms with Gasteiger partial charge < -0.3 is 41.0 Å². The highest BCUT2D eigenvalue weighted by molar-refractivity contribution is 6.31. The van der Waals surface area contributed by atoms with E-state index < -0.39 is 11.6 Å². The number of halogens is 4. The zero-order chi connectivity index (χ0) is 42.5. The molecule has 6 aromatic heterocycles. The first kappa shape index (κ1) is 42.3. The number of urea groups is 2. The number of hydrogen-bond donors (Lipinski definition) is 6. The van der Waals surface area contributed by atoms with Crippen LogP contribution in [0.1, 0.15) is 51.4 Å². The number of H-pyrrole nitrogens is 2. The smallest absolute Gasteiger partial charge is 0.317 e. The first-order valence-electron chi connectivity index (χ1n) is 19.6. The van der Waals surface area contributed by atoms with Crippen LogP contribution in [0.25, 0.3) is 44.8 Å². The van der Waals surface area contributed by atoms with Crippen LogP contribution in [-0.2, 0) is 0 Å². The monoisotopic (exact) mass is 862 g/mol. The molecule has 20 heteroatoms. The SMILES string of the molecule is CN(C)C(=O)NC1CCCC(Nc2nc(-c3c[nH]c4ncc(Cl)cc34)ncc2F)C1.CN(C)C(=O)NC1CCCC(Nc2nc(-c3c[nH]c4ncc(Cl)cc34)ncc2F)C1. The van der Waals surface area contributed by atoms with E-state index in [0.717, 1.165) is 61.7 Å². The van der Waals surface area contributed by atoms with Crippen LogP contribution in [0, 0.1) is 11.6 Å². The van der Waals surface area contributed by atoms with Gasteiger partial charge >= 0.3 is 12.1 Å². The first-order valence-corrected chi connectivity index (χ1v) is 20.4. The summed E-state index contributed by atoms with van der Waals surface area (Å²) < 4.78 is 28.9. The predicted molar refractivity (Wildman–Crippen MR) is 228 cm³/mol. The summed E-state index contributed by atoms with van der Waals surface area (Å²) in [7, 11) is 6.83. The fourth-order valence-corrected chi connectivity index (χ4v) is 7.74. The maximum absolute atomic E-state index is 14.5. The zero-order valence-corrected chi connectivity index (χ0v) is 35.0. The van der Waals surface area contributed by atoms with Gasteiger partial charge in [-0.15, -0.1) is 0 Å². The van der Waals surface area contributed by atoms with Gasteiger partial charge in [0.25, 0.3) is 0 Å². The molecule has 6 aromatic rings. The van der Waals surface area contributed by atoms with Crippen LogP contribution in [0.3, 0.4) is 0 Å². The third-order valence-corrected chi connectivity index (χ3v) is 10.9. The number of carbonyl (C=O) groups is 2. The topological polar surface area (TPSA) is 198 Å². The quantitative estimate of drug-likeness (QED) is 0.0886. The minimum atomic E-state index is -0.519. The Morgan fingerprint density at radius 1 is 0.633 bits per heavy atom. The molecule has 8 rings (SSSR count). The number of carbonyl (C=O) groups excluding carboxylic acids is 2. The number of nitrogens with one attached hydrogen (secondary N) is 6. The molecule has 4 amide bonds. The van der Waals surface area contributed by atoms with Crippen molar-refractivity contribution < 1.29 is 18.4 Å². The highest BCUT2D eigenvalue weighted by Crippen LogP contribution is 2.31. The van der Waals surface area contributed by atoms with Gasteiger partial charge in [-0.1, -0.05) is 23.2 Å². The summed E-state index contributed by atoms with van der Waals surface area (Å²) in [5.74, 6) is 0.0104. The first-order chi connectivity index (χ1) is 28.8. The number of nitrogens with zero attached hydrogens (tertiary/aromatic N) is 8. The van der Waals surface area contributed by atoms with Gasteiger partial charge in [-0.05, 0) is 63.5 Å². The zero-order valence-electron chi connectivity index (χ0n) is 33.5. The molecule has 2 aliphatic rings. The molecule has 316 valence electrons. The van der Waals surface area contributed by atoms with E-state index in [-0.39, 0.29) is 47.9 Å². The Morgan fingerprint density at radius 2 is 1.03 bits per heavy atom. The molecule has 2 saturated carbocycles. The second kappa shape index (κ2) is 18.6. The van der Waals surface area contributed by atoms with Crippen molar-refractivity contribution in [3.8, 4) is 22.8 Å². The van der Waals surface area contributed by atoms with Crippen molar-refractivity contribution in [2.75, 3.05) is 38.8 Å². The molecule has 0 spiro atoms.